The van der Waals surface area contributed by atoms with Crippen molar-refractivity contribution in [3.05, 3.63) is 29.6 Å². The number of nitrogens with zero attached hydrogens (tertiary/aromatic N) is 1. The fraction of sp³-hybridized carbons (Fsp3) is 0.529. The van der Waals surface area contributed by atoms with Gasteiger partial charge in [0.15, 0.2) is 0 Å². The predicted octanol–water partition coefficient (Wildman–Crippen LogP) is 1.95. The molecule has 1 amide bonds. The van der Waals surface area contributed by atoms with E-state index in [0.717, 1.165) is 6.42 Å². The molecule has 0 bridgehead atoms. The number of nitrogens with one attached hydrogen (secondary N) is 1. The second-order valence-electron chi connectivity index (χ2n) is 5.59. The Morgan fingerprint density at radius 3 is 3.00 bits per heavy atom. The maximum atomic E-state index is 12.5. The molecule has 2 rings (SSSR count). The van der Waals surface area contributed by atoms with Crippen molar-refractivity contribution in [2.75, 3.05) is 6.54 Å². The lowest BCUT2D eigenvalue weighted by Gasteiger charge is -2.21. The van der Waals surface area contributed by atoms with Gasteiger partial charge in [-0.15, -0.1) is 0 Å². The number of pyridine rings is 1. The summed E-state index contributed by atoms with van der Waals surface area (Å²) in [5.74, 6) is 6.77. The van der Waals surface area contributed by atoms with Crippen molar-refractivity contribution < 1.29 is 4.79 Å². The first-order valence-corrected chi connectivity index (χ1v) is 7.62. The SMILES string of the molecule is CCC1CCC(NC(=O)c2ncccc2C#CCN)C1C. The summed E-state index contributed by atoms with van der Waals surface area (Å²) >= 11 is 0. The van der Waals surface area contributed by atoms with E-state index < -0.39 is 0 Å². The van der Waals surface area contributed by atoms with Gasteiger partial charge < -0.3 is 11.1 Å². The Morgan fingerprint density at radius 1 is 1.52 bits per heavy atom. The Morgan fingerprint density at radius 2 is 2.33 bits per heavy atom. The maximum Gasteiger partial charge on any atom is 0.271 e. The zero-order valence-electron chi connectivity index (χ0n) is 12.7. The summed E-state index contributed by atoms with van der Waals surface area (Å²) in [5.41, 5.74) is 6.42. The van der Waals surface area contributed by atoms with Gasteiger partial charge in [0.1, 0.15) is 5.69 Å². The molecule has 4 nitrogen and oxygen atoms in total. The standard InChI is InChI=1S/C17H23N3O/c1-3-13-8-9-15(12(13)2)20-17(21)16-14(6-4-10-18)7-5-11-19-16/h5,7,11-13,15H,3,8-10,18H2,1-2H3,(H,20,21). The second-order valence-corrected chi connectivity index (χ2v) is 5.59. The summed E-state index contributed by atoms with van der Waals surface area (Å²) in [5, 5.41) is 3.13. The highest BCUT2D eigenvalue weighted by Crippen LogP contribution is 2.33. The molecule has 1 fully saturated rings. The molecule has 3 N–H and O–H groups in total. The fourth-order valence-electron chi connectivity index (χ4n) is 3.10. The minimum atomic E-state index is -0.134. The summed E-state index contributed by atoms with van der Waals surface area (Å²) in [6.07, 6.45) is 5.02. The summed E-state index contributed by atoms with van der Waals surface area (Å²) in [7, 11) is 0. The van der Waals surface area contributed by atoms with Crippen molar-refractivity contribution in [2.24, 2.45) is 17.6 Å². The van der Waals surface area contributed by atoms with Gasteiger partial charge in [-0.2, -0.15) is 0 Å². The van der Waals surface area contributed by atoms with Crippen LogP contribution in [0.4, 0.5) is 0 Å². The molecule has 0 aliphatic heterocycles. The number of carbonyl (C=O) groups is 1. The molecule has 3 unspecified atom stereocenters. The molecular formula is C17H23N3O. The smallest absolute Gasteiger partial charge is 0.271 e. The topological polar surface area (TPSA) is 68.0 Å². The quantitative estimate of drug-likeness (QED) is 0.834. The van der Waals surface area contributed by atoms with Crippen LogP contribution in [0, 0.1) is 23.7 Å². The molecule has 1 aromatic heterocycles. The van der Waals surface area contributed by atoms with E-state index in [1.54, 1.807) is 18.3 Å². The van der Waals surface area contributed by atoms with E-state index in [1.165, 1.54) is 12.8 Å². The second kappa shape index (κ2) is 7.24. The van der Waals surface area contributed by atoms with E-state index in [1.807, 2.05) is 0 Å². The van der Waals surface area contributed by atoms with Crippen molar-refractivity contribution in [3.63, 3.8) is 0 Å². The predicted molar refractivity (Wildman–Crippen MR) is 83.6 cm³/mol. The van der Waals surface area contributed by atoms with Crippen molar-refractivity contribution in [3.8, 4) is 11.8 Å². The largest absolute Gasteiger partial charge is 0.348 e. The molecule has 1 aromatic rings. The summed E-state index contributed by atoms with van der Waals surface area (Å²) in [6.45, 7) is 4.71. The Balaban J connectivity index is 2.11. The number of carbonyl (C=O) groups excluding carboxylic acids is 1. The third-order valence-electron chi connectivity index (χ3n) is 4.42. The van der Waals surface area contributed by atoms with Gasteiger partial charge in [0, 0.05) is 12.2 Å². The zero-order valence-corrected chi connectivity index (χ0v) is 12.7. The Hall–Kier alpha value is -1.86. The average Bonchev–Trinajstić information content (AvgIpc) is 2.85. The number of nitrogens with two attached hydrogens (primary N) is 1. The van der Waals surface area contributed by atoms with Gasteiger partial charge >= 0.3 is 0 Å². The first-order valence-electron chi connectivity index (χ1n) is 7.62. The van der Waals surface area contributed by atoms with Crippen LogP contribution in [-0.2, 0) is 0 Å². The highest BCUT2D eigenvalue weighted by Gasteiger charge is 2.32. The van der Waals surface area contributed by atoms with Gasteiger partial charge in [0.2, 0.25) is 0 Å². The van der Waals surface area contributed by atoms with Gasteiger partial charge in [-0.1, -0.05) is 32.1 Å². The van der Waals surface area contributed by atoms with E-state index in [4.69, 9.17) is 5.73 Å². The number of aromatic nitrogens is 1. The van der Waals surface area contributed by atoms with Crippen LogP contribution in [0.3, 0.4) is 0 Å². The summed E-state index contributed by atoms with van der Waals surface area (Å²) < 4.78 is 0. The van der Waals surface area contributed by atoms with Crippen LogP contribution in [-0.4, -0.2) is 23.5 Å². The third-order valence-corrected chi connectivity index (χ3v) is 4.42. The molecule has 112 valence electrons. The van der Waals surface area contributed by atoms with Crippen LogP contribution >= 0.6 is 0 Å². The van der Waals surface area contributed by atoms with Gasteiger partial charge in [-0.25, -0.2) is 4.98 Å². The van der Waals surface area contributed by atoms with Crippen LogP contribution in [0.1, 0.15) is 49.2 Å². The zero-order chi connectivity index (χ0) is 15.2. The Kier molecular flexibility index (Phi) is 5.35. The molecule has 0 radical (unpaired) electrons. The average molecular weight is 285 g/mol. The molecule has 0 spiro atoms. The van der Waals surface area contributed by atoms with Crippen LogP contribution in [0.25, 0.3) is 0 Å². The number of hydrogen-bond donors (Lipinski definition) is 2. The molecule has 4 heteroatoms. The first kappa shape index (κ1) is 15.5. The van der Waals surface area contributed by atoms with Gasteiger partial charge in [0.05, 0.1) is 12.1 Å². The van der Waals surface area contributed by atoms with E-state index >= 15 is 0 Å². The molecule has 1 heterocycles. The van der Waals surface area contributed by atoms with Crippen LogP contribution in [0.5, 0.6) is 0 Å². The van der Waals surface area contributed by atoms with E-state index in [-0.39, 0.29) is 18.5 Å². The molecule has 0 aromatic carbocycles. The molecular weight excluding hydrogens is 262 g/mol. The third kappa shape index (κ3) is 3.62. The van der Waals surface area contributed by atoms with Crippen molar-refractivity contribution in [1.82, 2.24) is 10.3 Å². The number of rotatable bonds is 3. The van der Waals surface area contributed by atoms with Crippen LogP contribution in [0.15, 0.2) is 18.3 Å². The van der Waals surface area contributed by atoms with Gasteiger partial charge in [0.25, 0.3) is 5.91 Å². The molecule has 0 saturated heterocycles. The molecule has 21 heavy (non-hydrogen) atoms. The van der Waals surface area contributed by atoms with Gasteiger partial charge in [-0.3, -0.25) is 4.79 Å². The van der Waals surface area contributed by atoms with Gasteiger partial charge in [-0.05, 0) is 36.8 Å². The first-order chi connectivity index (χ1) is 10.2. The minimum absolute atomic E-state index is 0.134. The van der Waals surface area contributed by atoms with E-state index in [0.29, 0.717) is 23.1 Å². The van der Waals surface area contributed by atoms with Crippen molar-refractivity contribution in [1.29, 1.82) is 0 Å². The van der Waals surface area contributed by atoms with Crippen LogP contribution < -0.4 is 11.1 Å². The monoisotopic (exact) mass is 285 g/mol. The maximum absolute atomic E-state index is 12.5. The molecule has 1 aliphatic rings. The van der Waals surface area contributed by atoms with Crippen LogP contribution in [0.2, 0.25) is 0 Å². The number of hydrogen-bond acceptors (Lipinski definition) is 3. The summed E-state index contributed by atoms with van der Waals surface area (Å²) in [6, 6.07) is 3.82. The normalized spacial score (nSPS) is 24.2. The van der Waals surface area contributed by atoms with E-state index in [9.17, 15) is 4.79 Å². The molecule has 1 saturated carbocycles. The van der Waals surface area contributed by atoms with E-state index in [2.05, 4.69) is 36.0 Å². The summed E-state index contributed by atoms with van der Waals surface area (Å²) in [4.78, 5) is 16.6. The lowest BCUT2D eigenvalue weighted by Crippen LogP contribution is -2.38. The highest BCUT2D eigenvalue weighted by atomic mass is 16.1. The minimum Gasteiger partial charge on any atom is -0.348 e. The van der Waals surface area contributed by atoms with Crippen molar-refractivity contribution in [2.45, 2.75) is 39.2 Å². The lowest BCUT2D eigenvalue weighted by molar-refractivity contribution is 0.0921. The highest BCUT2D eigenvalue weighted by molar-refractivity contribution is 5.94. The lowest BCUT2D eigenvalue weighted by atomic mass is 9.93. The van der Waals surface area contributed by atoms with Crippen molar-refractivity contribution >= 4 is 5.91 Å². The molecule has 1 aliphatic carbocycles. The molecule has 3 atom stereocenters. The fourth-order valence-corrected chi connectivity index (χ4v) is 3.10. The Labute approximate surface area is 126 Å². The number of amides is 1. The Bertz CT molecular complexity index is 559.